The van der Waals surface area contributed by atoms with E-state index in [1.54, 1.807) is 0 Å². The topological polar surface area (TPSA) is 58.4 Å². The standard InChI is InChI=1S/C9H17N3O/c1-12-7-2-3-8(12)5-6(4-7)11-9(10)13/h6-8H,2-5H2,1H3,(H3,10,11,13)/t6?,7-,8+. The molecule has 2 aliphatic rings. The average Bonchev–Trinajstić information content (AvgIpc) is 2.33. The second-order valence-electron chi connectivity index (χ2n) is 4.23. The van der Waals surface area contributed by atoms with Crippen molar-refractivity contribution in [3.05, 3.63) is 0 Å². The van der Waals surface area contributed by atoms with Gasteiger partial charge in [-0.1, -0.05) is 0 Å². The lowest BCUT2D eigenvalue weighted by Gasteiger charge is -2.36. The van der Waals surface area contributed by atoms with Crippen molar-refractivity contribution in [2.75, 3.05) is 7.05 Å². The van der Waals surface area contributed by atoms with Crippen molar-refractivity contribution in [3.63, 3.8) is 0 Å². The number of primary amides is 1. The van der Waals surface area contributed by atoms with Crippen LogP contribution in [0.1, 0.15) is 25.7 Å². The van der Waals surface area contributed by atoms with Crippen molar-refractivity contribution in [1.29, 1.82) is 0 Å². The van der Waals surface area contributed by atoms with Gasteiger partial charge in [0.2, 0.25) is 0 Å². The molecule has 2 amide bonds. The minimum absolute atomic E-state index is 0.311. The largest absolute Gasteiger partial charge is 0.352 e. The van der Waals surface area contributed by atoms with E-state index < -0.39 is 0 Å². The van der Waals surface area contributed by atoms with Crippen molar-refractivity contribution in [3.8, 4) is 0 Å². The van der Waals surface area contributed by atoms with Gasteiger partial charge in [0, 0.05) is 18.1 Å². The lowest BCUT2D eigenvalue weighted by molar-refractivity contribution is 0.150. The SMILES string of the molecule is CN1[C@@H]2CC[C@H]1CC(NC(N)=O)C2. The predicted molar refractivity (Wildman–Crippen MR) is 50.3 cm³/mol. The van der Waals surface area contributed by atoms with Gasteiger partial charge in [0.25, 0.3) is 0 Å². The van der Waals surface area contributed by atoms with E-state index in [0.717, 1.165) is 12.8 Å². The van der Waals surface area contributed by atoms with E-state index in [4.69, 9.17) is 5.73 Å². The van der Waals surface area contributed by atoms with Gasteiger partial charge in [-0.3, -0.25) is 0 Å². The number of nitrogens with zero attached hydrogens (tertiary/aromatic N) is 1. The van der Waals surface area contributed by atoms with Crippen LogP contribution in [0.25, 0.3) is 0 Å². The Morgan fingerprint density at radius 3 is 2.38 bits per heavy atom. The Morgan fingerprint density at radius 1 is 1.38 bits per heavy atom. The zero-order valence-electron chi connectivity index (χ0n) is 7.99. The monoisotopic (exact) mass is 183 g/mol. The first-order valence-electron chi connectivity index (χ1n) is 4.94. The summed E-state index contributed by atoms with van der Waals surface area (Å²) in [5.41, 5.74) is 5.11. The number of hydrogen-bond donors (Lipinski definition) is 2. The summed E-state index contributed by atoms with van der Waals surface area (Å²) < 4.78 is 0. The number of amides is 2. The van der Waals surface area contributed by atoms with Crippen LogP contribution in [0.2, 0.25) is 0 Å². The first-order valence-corrected chi connectivity index (χ1v) is 4.94. The van der Waals surface area contributed by atoms with Gasteiger partial charge >= 0.3 is 6.03 Å². The number of nitrogens with two attached hydrogens (primary N) is 1. The Labute approximate surface area is 78.5 Å². The number of carbonyl (C=O) groups excluding carboxylic acids is 1. The maximum absolute atomic E-state index is 10.7. The fourth-order valence-electron chi connectivity index (χ4n) is 2.73. The van der Waals surface area contributed by atoms with Gasteiger partial charge in [-0.2, -0.15) is 0 Å². The summed E-state index contributed by atoms with van der Waals surface area (Å²) in [6.07, 6.45) is 4.68. The van der Waals surface area contributed by atoms with Gasteiger partial charge in [0.15, 0.2) is 0 Å². The maximum Gasteiger partial charge on any atom is 0.312 e. The molecule has 2 heterocycles. The van der Waals surface area contributed by atoms with E-state index in [2.05, 4.69) is 17.3 Å². The number of nitrogens with one attached hydrogen (secondary N) is 1. The molecule has 0 spiro atoms. The second kappa shape index (κ2) is 3.18. The van der Waals surface area contributed by atoms with Crippen LogP contribution in [-0.4, -0.2) is 36.1 Å². The van der Waals surface area contributed by atoms with Gasteiger partial charge in [0.05, 0.1) is 0 Å². The third-order valence-electron chi connectivity index (χ3n) is 3.44. The Morgan fingerprint density at radius 2 is 1.92 bits per heavy atom. The number of hydrogen-bond acceptors (Lipinski definition) is 2. The third-order valence-corrected chi connectivity index (χ3v) is 3.44. The van der Waals surface area contributed by atoms with E-state index in [1.165, 1.54) is 12.8 Å². The molecular formula is C9H17N3O. The van der Waals surface area contributed by atoms with Crippen LogP contribution < -0.4 is 11.1 Å². The predicted octanol–water partition coefficient (Wildman–Crippen LogP) is 0.280. The molecule has 4 nitrogen and oxygen atoms in total. The highest BCUT2D eigenvalue weighted by Gasteiger charge is 2.38. The molecule has 0 aromatic carbocycles. The molecule has 3 atom stereocenters. The summed E-state index contributed by atoms with van der Waals surface area (Å²) in [6, 6.07) is 1.26. The molecule has 0 aliphatic carbocycles. The smallest absolute Gasteiger partial charge is 0.312 e. The molecule has 0 saturated carbocycles. The molecule has 2 aliphatic heterocycles. The summed E-state index contributed by atoms with van der Waals surface area (Å²) in [5.74, 6) is 0. The van der Waals surface area contributed by atoms with Crippen LogP contribution in [0.15, 0.2) is 0 Å². The van der Waals surface area contributed by atoms with Crippen LogP contribution >= 0.6 is 0 Å². The third kappa shape index (κ3) is 1.63. The molecule has 2 bridgehead atoms. The van der Waals surface area contributed by atoms with Gasteiger partial charge in [0.1, 0.15) is 0 Å². The molecule has 3 N–H and O–H groups in total. The Kier molecular flexibility index (Phi) is 2.15. The first-order chi connectivity index (χ1) is 6.16. The van der Waals surface area contributed by atoms with Crippen molar-refractivity contribution in [1.82, 2.24) is 10.2 Å². The van der Waals surface area contributed by atoms with Crippen LogP contribution in [0, 0.1) is 0 Å². The van der Waals surface area contributed by atoms with Crippen molar-refractivity contribution in [2.45, 2.75) is 43.8 Å². The summed E-state index contributed by atoms with van der Waals surface area (Å²) in [4.78, 5) is 13.1. The molecule has 74 valence electrons. The van der Waals surface area contributed by atoms with E-state index in [-0.39, 0.29) is 6.03 Å². The van der Waals surface area contributed by atoms with Crippen molar-refractivity contribution in [2.24, 2.45) is 5.73 Å². The van der Waals surface area contributed by atoms with Crippen LogP contribution in [0.5, 0.6) is 0 Å². The molecule has 0 radical (unpaired) electrons. The Bertz CT molecular complexity index is 205. The maximum atomic E-state index is 10.7. The minimum Gasteiger partial charge on any atom is -0.352 e. The molecular weight excluding hydrogens is 166 g/mol. The zero-order valence-corrected chi connectivity index (χ0v) is 7.99. The first kappa shape index (κ1) is 8.81. The molecule has 2 saturated heterocycles. The van der Waals surface area contributed by atoms with Crippen LogP contribution in [0.3, 0.4) is 0 Å². The number of urea groups is 1. The quantitative estimate of drug-likeness (QED) is 0.613. The number of piperidine rings is 1. The van der Waals surface area contributed by atoms with Gasteiger partial charge < -0.3 is 16.0 Å². The summed E-state index contributed by atoms with van der Waals surface area (Å²) in [5, 5.41) is 2.82. The van der Waals surface area contributed by atoms with E-state index >= 15 is 0 Å². The van der Waals surface area contributed by atoms with Crippen LogP contribution in [-0.2, 0) is 0 Å². The minimum atomic E-state index is -0.381. The molecule has 13 heavy (non-hydrogen) atoms. The second-order valence-corrected chi connectivity index (χ2v) is 4.23. The molecule has 1 unspecified atom stereocenters. The molecule has 2 fully saturated rings. The van der Waals surface area contributed by atoms with E-state index in [0.29, 0.717) is 18.1 Å². The Hall–Kier alpha value is -0.770. The summed E-state index contributed by atoms with van der Waals surface area (Å²) in [6.45, 7) is 0. The van der Waals surface area contributed by atoms with Gasteiger partial charge in [-0.05, 0) is 32.7 Å². The lowest BCUT2D eigenvalue weighted by atomic mass is 9.98. The summed E-state index contributed by atoms with van der Waals surface area (Å²) >= 11 is 0. The lowest BCUT2D eigenvalue weighted by Crippen LogP contribution is -2.49. The average molecular weight is 183 g/mol. The molecule has 2 rings (SSSR count). The van der Waals surface area contributed by atoms with Crippen molar-refractivity contribution >= 4 is 6.03 Å². The van der Waals surface area contributed by atoms with E-state index in [9.17, 15) is 4.79 Å². The van der Waals surface area contributed by atoms with Gasteiger partial charge in [-0.25, -0.2) is 4.79 Å². The highest BCUT2D eigenvalue weighted by molar-refractivity contribution is 5.72. The van der Waals surface area contributed by atoms with Crippen LogP contribution in [0.4, 0.5) is 4.79 Å². The normalized spacial score (nSPS) is 39.0. The zero-order chi connectivity index (χ0) is 9.42. The fourth-order valence-corrected chi connectivity index (χ4v) is 2.73. The number of carbonyl (C=O) groups is 1. The van der Waals surface area contributed by atoms with Gasteiger partial charge in [-0.15, -0.1) is 0 Å². The fraction of sp³-hybridized carbons (Fsp3) is 0.889. The van der Waals surface area contributed by atoms with Crippen molar-refractivity contribution < 1.29 is 4.79 Å². The highest BCUT2D eigenvalue weighted by atomic mass is 16.2. The molecule has 4 heteroatoms. The Balaban J connectivity index is 1.95. The number of rotatable bonds is 1. The highest BCUT2D eigenvalue weighted by Crippen LogP contribution is 2.33. The summed E-state index contributed by atoms with van der Waals surface area (Å²) in [7, 11) is 2.18. The molecule has 0 aromatic heterocycles. The number of fused-ring (bicyclic) bond motifs is 2. The molecule has 0 aromatic rings. The van der Waals surface area contributed by atoms with E-state index in [1.807, 2.05) is 0 Å².